The average Bonchev–Trinajstić information content (AvgIpc) is 3.40. The molecule has 3 rings (SSSR count). The van der Waals surface area contributed by atoms with Crippen LogP contribution in [-0.4, -0.2) is 56.0 Å². The molecule has 0 amide bonds. The monoisotopic (exact) mass is 408 g/mol. The summed E-state index contributed by atoms with van der Waals surface area (Å²) < 4.78 is 5.54. The molecule has 1 aliphatic heterocycles. The first kappa shape index (κ1) is 20.3. The fourth-order valence-corrected chi connectivity index (χ4v) is 4.89. The molecule has 1 atom stereocenters. The highest BCUT2D eigenvalue weighted by molar-refractivity contribution is 7.16. The topological polar surface area (TPSA) is 78.8 Å². The molecule has 0 saturated carbocycles. The summed E-state index contributed by atoms with van der Waals surface area (Å²) in [5.74, 6) is 0.797. The normalized spacial score (nSPS) is 20.2. The van der Waals surface area contributed by atoms with E-state index in [1.165, 1.54) is 9.75 Å². The number of nitrogens with one attached hydrogen (secondary N) is 2. The third-order valence-corrected chi connectivity index (χ3v) is 6.82. The first-order chi connectivity index (χ1) is 13.1. The van der Waals surface area contributed by atoms with Gasteiger partial charge in [-0.2, -0.15) is 0 Å². The van der Waals surface area contributed by atoms with E-state index in [4.69, 9.17) is 4.74 Å². The molecule has 148 valence electrons. The quantitative estimate of drug-likeness (QED) is 0.462. The van der Waals surface area contributed by atoms with E-state index in [1.54, 1.807) is 29.7 Å². The molecular formula is C19H28N4O2S2. The molecule has 0 radical (unpaired) electrons. The molecule has 27 heavy (non-hydrogen) atoms. The molecule has 1 aliphatic rings. The third-order valence-electron chi connectivity index (χ3n) is 4.88. The number of hydrogen-bond acceptors (Lipinski definition) is 6. The van der Waals surface area contributed by atoms with E-state index in [2.05, 4.69) is 38.1 Å². The minimum Gasteiger partial charge on any atom is -0.396 e. The van der Waals surface area contributed by atoms with Crippen LogP contribution in [0.4, 0.5) is 0 Å². The molecule has 3 N–H and O–H groups in total. The number of aromatic nitrogens is 1. The number of rotatable bonds is 8. The van der Waals surface area contributed by atoms with E-state index in [1.807, 2.05) is 6.92 Å². The van der Waals surface area contributed by atoms with Crippen molar-refractivity contribution in [3.05, 3.63) is 27.4 Å². The molecule has 0 spiro atoms. The van der Waals surface area contributed by atoms with Crippen molar-refractivity contribution in [3.63, 3.8) is 0 Å². The predicted molar refractivity (Wildman–Crippen MR) is 113 cm³/mol. The summed E-state index contributed by atoms with van der Waals surface area (Å²) in [6.45, 7) is 5.28. The van der Waals surface area contributed by atoms with Crippen molar-refractivity contribution in [3.8, 4) is 10.6 Å². The highest BCUT2D eigenvalue weighted by Gasteiger charge is 2.34. The number of hydrogen-bond donors (Lipinski definition) is 3. The van der Waals surface area contributed by atoms with Gasteiger partial charge in [0, 0.05) is 49.0 Å². The summed E-state index contributed by atoms with van der Waals surface area (Å²) in [6.07, 6.45) is 2.68. The fraction of sp³-hybridized carbons (Fsp3) is 0.579. The summed E-state index contributed by atoms with van der Waals surface area (Å²) in [4.78, 5) is 11.4. The van der Waals surface area contributed by atoms with E-state index in [0.29, 0.717) is 6.61 Å². The predicted octanol–water partition coefficient (Wildman–Crippen LogP) is 2.68. The van der Waals surface area contributed by atoms with Crippen molar-refractivity contribution >= 4 is 28.6 Å². The number of aryl methyl sites for hydroxylation is 1. The summed E-state index contributed by atoms with van der Waals surface area (Å²) in [6, 6.07) is 4.33. The number of aliphatic hydroxyl groups is 1. The first-order valence-electron chi connectivity index (χ1n) is 9.28. The van der Waals surface area contributed by atoms with E-state index in [0.717, 1.165) is 55.6 Å². The minimum absolute atomic E-state index is 0.0146. The molecule has 6 nitrogen and oxygen atoms in total. The van der Waals surface area contributed by atoms with E-state index in [9.17, 15) is 5.11 Å². The smallest absolute Gasteiger partial charge is 0.191 e. The van der Waals surface area contributed by atoms with Gasteiger partial charge in [-0.15, -0.1) is 22.7 Å². The van der Waals surface area contributed by atoms with E-state index < -0.39 is 0 Å². The Balaban J connectivity index is 1.45. The van der Waals surface area contributed by atoms with Crippen LogP contribution in [0.5, 0.6) is 0 Å². The van der Waals surface area contributed by atoms with Crippen molar-refractivity contribution < 1.29 is 9.84 Å². The number of aliphatic imine (C=N–C) groups is 1. The summed E-state index contributed by atoms with van der Waals surface area (Å²) in [5, 5.41) is 19.3. The molecule has 1 fully saturated rings. The van der Waals surface area contributed by atoms with Gasteiger partial charge in [0.25, 0.3) is 0 Å². The molecule has 2 aromatic rings. The molecule has 3 heterocycles. The Bertz CT molecular complexity index is 750. The summed E-state index contributed by atoms with van der Waals surface area (Å²) in [5.41, 5.74) is 1.09. The molecule has 2 aromatic heterocycles. The molecule has 0 bridgehead atoms. The molecular weight excluding hydrogens is 380 g/mol. The van der Waals surface area contributed by atoms with Gasteiger partial charge in [-0.25, -0.2) is 4.98 Å². The van der Waals surface area contributed by atoms with Crippen molar-refractivity contribution in [1.29, 1.82) is 0 Å². The van der Waals surface area contributed by atoms with E-state index >= 15 is 0 Å². The van der Waals surface area contributed by atoms with Gasteiger partial charge >= 0.3 is 0 Å². The lowest BCUT2D eigenvalue weighted by Crippen LogP contribution is -2.44. The SMILES string of the molecule is CN=C(NCCc1ccc(-c2csc(C)n2)s1)NCC1(CCO)CCOC1. The molecule has 0 aromatic carbocycles. The van der Waals surface area contributed by atoms with Gasteiger partial charge in [-0.05, 0) is 38.3 Å². The van der Waals surface area contributed by atoms with Crippen LogP contribution in [-0.2, 0) is 11.2 Å². The van der Waals surface area contributed by atoms with Crippen molar-refractivity contribution in [1.82, 2.24) is 15.6 Å². The second-order valence-electron chi connectivity index (χ2n) is 6.90. The molecule has 1 saturated heterocycles. The number of thiazole rings is 1. The lowest BCUT2D eigenvalue weighted by molar-refractivity contribution is 0.127. The van der Waals surface area contributed by atoms with Crippen molar-refractivity contribution in [2.75, 3.05) is 40.0 Å². The van der Waals surface area contributed by atoms with Crippen molar-refractivity contribution in [2.45, 2.75) is 26.2 Å². The molecule has 1 unspecified atom stereocenters. The Hall–Kier alpha value is -1.48. The lowest BCUT2D eigenvalue weighted by Gasteiger charge is -2.27. The number of nitrogens with zero attached hydrogens (tertiary/aromatic N) is 2. The Kier molecular flexibility index (Phi) is 7.23. The van der Waals surface area contributed by atoms with Crippen molar-refractivity contribution in [2.24, 2.45) is 10.4 Å². The maximum atomic E-state index is 9.34. The fourth-order valence-electron chi connectivity index (χ4n) is 3.23. The summed E-state index contributed by atoms with van der Waals surface area (Å²) in [7, 11) is 1.78. The second kappa shape index (κ2) is 9.64. The number of guanidine groups is 1. The van der Waals surface area contributed by atoms with Gasteiger partial charge in [0.05, 0.1) is 22.2 Å². The Morgan fingerprint density at radius 2 is 2.30 bits per heavy atom. The van der Waals surface area contributed by atoms with Crippen LogP contribution >= 0.6 is 22.7 Å². The number of ether oxygens (including phenoxy) is 1. The van der Waals surface area contributed by atoms with E-state index in [-0.39, 0.29) is 12.0 Å². The maximum absolute atomic E-state index is 9.34. The van der Waals surface area contributed by atoms with Crippen LogP contribution in [0.15, 0.2) is 22.5 Å². The van der Waals surface area contributed by atoms with Gasteiger partial charge in [0.15, 0.2) is 5.96 Å². The Morgan fingerprint density at radius 1 is 1.41 bits per heavy atom. The minimum atomic E-state index is 0.0146. The Labute approximate surface area is 168 Å². The van der Waals surface area contributed by atoms with Gasteiger partial charge in [-0.1, -0.05) is 0 Å². The zero-order valence-corrected chi connectivity index (χ0v) is 17.6. The molecule has 8 heteroatoms. The Morgan fingerprint density at radius 3 is 2.96 bits per heavy atom. The highest BCUT2D eigenvalue weighted by Crippen LogP contribution is 2.31. The van der Waals surface area contributed by atoms with Gasteiger partial charge < -0.3 is 20.5 Å². The zero-order chi connectivity index (χ0) is 19.1. The van der Waals surface area contributed by atoms with Crippen LogP contribution in [0.3, 0.4) is 0 Å². The van der Waals surface area contributed by atoms with Crippen LogP contribution in [0.2, 0.25) is 0 Å². The second-order valence-corrected chi connectivity index (χ2v) is 9.13. The van der Waals surface area contributed by atoms with Gasteiger partial charge in [0.2, 0.25) is 0 Å². The maximum Gasteiger partial charge on any atom is 0.191 e. The van der Waals surface area contributed by atoms with Crippen LogP contribution in [0, 0.1) is 12.3 Å². The third kappa shape index (κ3) is 5.51. The average molecular weight is 409 g/mol. The van der Waals surface area contributed by atoms with Crippen LogP contribution in [0.25, 0.3) is 10.6 Å². The zero-order valence-electron chi connectivity index (χ0n) is 16.0. The number of thiophene rings is 1. The van der Waals surface area contributed by atoms with Gasteiger partial charge in [0.1, 0.15) is 0 Å². The largest absolute Gasteiger partial charge is 0.396 e. The number of aliphatic hydroxyl groups excluding tert-OH is 1. The standard InChI is InChI=1S/C19H28N4O2S2/c1-14-23-16(11-26-14)17-4-3-15(27-17)5-8-21-18(20-2)22-12-19(6-9-24)7-10-25-13-19/h3-4,11,24H,5-10,12-13H2,1-2H3,(H2,20,21,22). The molecule has 0 aliphatic carbocycles. The van der Waals surface area contributed by atoms with Crippen LogP contribution in [0.1, 0.15) is 22.7 Å². The highest BCUT2D eigenvalue weighted by atomic mass is 32.1. The van der Waals surface area contributed by atoms with Crippen LogP contribution < -0.4 is 10.6 Å². The first-order valence-corrected chi connectivity index (χ1v) is 11.0. The summed E-state index contributed by atoms with van der Waals surface area (Å²) >= 11 is 3.48. The lowest BCUT2D eigenvalue weighted by atomic mass is 9.84. The van der Waals surface area contributed by atoms with Gasteiger partial charge in [-0.3, -0.25) is 4.99 Å².